The van der Waals surface area contributed by atoms with Crippen molar-refractivity contribution < 1.29 is 9.90 Å². The smallest absolute Gasteiger partial charge is 0.305 e. The van der Waals surface area contributed by atoms with Gasteiger partial charge in [-0.1, -0.05) is 12.1 Å². The predicted molar refractivity (Wildman–Crippen MR) is 82.8 cm³/mol. The van der Waals surface area contributed by atoms with Crippen LogP contribution in [-0.2, 0) is 4.79 Å². The van der Waals surface area contributed by atoms with E-state index in [9.17, 15) is 4.79 Å². The van der Waals surface area contributed by atoms with Crippen molar-refractivity contribution in [1.29, 1.82) is 0 Å². The fraction of sp³-hybridized carbons (Fsp3) is 0.562. The Labute approximate surface area is 125 Å². The molecule has 2 N–H and O–H groups in total. The maximum Gasteiger partial charge on any atom is 0.305 e. The number of carboxylic acids is 1. The van der Waals surface area contributed by atoms with Gasteiger partial charge in [-0.3, -0.25) is 9.69 Å². The van der Waals surface area contributed by atoms with Crippen LogP contribution < -0.4 is 10.2 Å². The Morgan fingerprint density at radius 1 is 1.29 bits per heavy atom. The topological polar surface area (TPSA) is 55.8 Å². The number of piperazine rings is 1. The second kappa shape index (κ2) is 5.66. The Kier molecular flexibility index (Phi) is 3.87. The lowest BCUT2D eigenvalue weighted by Crippen LogP contribution is -2.72. The van der Waals surface area contributed by atoms with E-state index in [0.29, 0.717) is 0 Å². The highest BCUT2D eigenvalue weighted by Gasteiger charge is 2.45. The van der Waals surface area contributed by atoms with Gasteiger partial charge in [0.15, 0.2) is 0 Å². The maximum absolute atomic E-state index is 11.1. The van der Waals surface area contributed by atoms with E-state index >= 15 is 0 Å². The molecule has 0 saturated carbocycles. The zero-order valence-corrected chi connectivity index (χ0v) is 12.5. The normalized spacial score (nSPS) is 21.9. The number of rotatable bonds is 4. The molecule has 0 unspecified atom stereocenters. The fourth-order valence-electron chi connectivity index (χ4n) is 3.42. The highest BCUT2D eigenvalue weighted by molar-refractivity contribution is 5.69. The molecule has 1 aromatic rings. The average Bonchev–Trinajstić information content (AvgIpc) is 2.43. The van der Waals surface area contributed by atoms with E-state index < -0.39 is 5.97 Å². The summed E-state index contributed by atoms with van der Waals surface area (Å²) in [5.74, 6) is -0.697. The van der Waals surface area contributed by atoms with Crippen molar-refractivity contribution in [3.8, 4) is 0 Å². The Balaban J connectivity index is 1.63. The van der Waals surface area contributed by atoms with E-state index in [1.54, 1.807) is 0 Å². The monoisotopic (exact) mass is 289 g/mol. The molecular weight excluding hydrogens is 266 g/mol. The molecule has 2 aliphatic rings. The van der Waals surface area contributed by atoms with Gasteiger partial charge in [-0.15, -0.1) is 0 Å². The van der Waals surface area contributed by atoms with Gasteiger partial charge in [0.2, 0.25) is 0 Å². The van der Waals surface area contributed by atoms with Gasteiger partial charge in [0, 0.05) is 45.0 Å². The van der Waals surface area contributed by atoms with Crippen LogP contribution >= 0.6 is 0 Å². The number of benzene rings is 1. The molecule has 1 aromatic carbocycles. The number of hydrogen-bond donors (Lipinski definition) is 2. The van der Waals surface area contributed by atoms with Crippen LogP contribution in [-0.4, -0.2) is 60.8 Å². The minimum Gasteiger partial charge on any atom is -0.481 e. The van der Waals surface area contributed by atoms with E-state index in [-0.39, 0.29) is 12.0 Å². The molecule has 0 aromatic heterocycles. The van der Waals surface area contributed by atoms with E-state index in [0.717, 1.165) is 39.3 Å². The quantitative estimate of drug-likeness (QED) is 0.864. The van der Waals surface area contributed by atoms with E-state index in [2.05, 4.69) is 46.3 Å². The van der Waals surface area contributed by atoms with Crippen molar-refractivity contribution >= 4 is 11.7 Å². The van der Waals surface area contributed by atoms with Crippen LogP contribution in [0.4, 0.5) is 5.69 Å². The van der Waals surface area contributed by atoms with E-state index in [1.807, 2.05) is 0 Å². The number of anilines is 1. The molecular formula is C16H23N3O2. The van der Waals surface area contributed by atoms with Gasteiger partial charge >= 0.3 is 5.97 Å². The molecule has 5 heteroatoms. The Hall–Kier alpha value is -1.59. The van der Waals surface area contributed by atoms with Crippen molar-refractivity contribution in [3.05, 3.63) is 29.8 Å². The first-order valence-electron chi connectivity index (χ1n) is 7.58. The van der Waals surface area contributed by atoms with Crippen LogP contribution in [0.5, 0.6) is 0 Å². The van der Waals surface area contributed by atoms with Crippen LogP contribution in [0.15, 0.2) is 24.3 Å². The summed E-state index contributed by atoms with van der Waals surface area (Å²) in [4.78, 5) is 15.9. The largest absolute Gasteiger partial charge is 0.481 e. The third-order valence-corrected chi connectivity index (χ3v) is 4.71. The SMILES string of the molecule is Cc1cccc(N2CCN(C3(CC(=O)O)CNC3)CC2)c1. The molecule has 2 heterocycles. The summed E-state index contributed by atoms with van der Waals surface area (Å²) in [6, 6.07) is 8.58. The maximum atomic E-state index is 11.1. The van der Waals surface area contributed by atoms with Crippen molar-refractivity contribution in [2.24, 2.45) is 0 Å². The second-order valence-corrected chi connectivity index (χ2v) is 6.21. The standard InChI is InChI=1S/C16H23N3O2/c1-13-3-2-4-14(9-13)18-5-7-19(8-6-18)16(10-15(20)21)11-17-12-16/h2-4,9,17H,5-8,10-12H2,1H3,(H,20,21). The minimum atomic E-state index is -0.697. The van der Waals surface area contributed by atoms with Gasteiger partial charge in [0.1, 0.15) is 0 Å². The average molecular weight is 289 g/mol. The summed E-state index contributed by atoms with van der Waals surface area (Å²) < 4.78 is 0. The molecule has 2 saturated heterocycles. The molecule has 3 rings (SSSR count). The third-order valence-electron chi connectivity index (χ3n) is 4.71. The second-order valence-electron chi connectivity index (χ2n) is 6.21. The van der Waals surface area contributed by atoms with E-state index in [4.69, 9.17) is 5.11 Å². The zero-order valence-electron chi connectivity index (χ0n) is 12.5. The lowest BCUT2D eigenvalue weighted by molar-refractivity contribution is -0.142. The first kappa shape index (κ1) is 14.4. The summed E-state index contributed by atoms with van der Waals surface area (Å²) in [5.41, 5.74) is 2.39. The van der Waals surface area contributed by atoms with Crippen molar-refractivity contribution in [1.82, 2.24) is 10.2 Å². The Bertz CT molecular complexity index is 520. The van der Waals surface area contributed by atoms with Gasteiger partial charge in [-0.25, -0.2) is 0 Å². The first-order chi connectivity index (χ1) is 10.1. The number of aryl methyl sites for hydroxylation is 1. The first-order valence-corrected chi connectivity index (χ1v) is 7.58. The molecule has 21 heavy (non-hydrogen) atoms. The molecule has 0 bridgehead atoms. The van der Waals surface area contributed by atoms with Crippen LogP contribution in [0.2, 0.25) is 0 Å². The van der Waals surface area contributed by atoms with Crippen molar-refractivity contribution in [2.75, 3.05) is 44.2 Å². The third kappa shape index (κ3) is 2.89. The van der Waals surface area contributed by atoms with Crippen LogP contribution in [0.25, 0.3) is 0 Å². The van der Waals surface area contributed by atoms with Gasteiger partial charge in [-0.05, 0) is 24.6 Å². The number of hydrogen-bond acceptors (Lipinski definition) is 4. The number of aliphatic carboxylic acids is 1. The molecule has 0 spiro atoms. The highest BCUT2D eigenvalue weighted by Crippen LogP contribution is 2.27. The van der Waals surface area contributed by atoms with Gasteiger partial charge < -0.3 is 15.3 Å². The molecule has 0 amide bonds. The summed E-state index contributed by atoms with van der Waals surface area (Å²) in [7, 11) is 0. The number of nitrogens with one attached hydrogen (secondary N) is 1. The molecule has 2 aliphatic heterocycles. The number of nitrogens with zero attached hydrogens (tertiary/aromatic N) is 2. The van der Waals surface area contributed by atoms with Gasteiger partial charge in [0.25, 0.3) is 0 Å². The summed E-state index contributed by atoms with van der Waals surface area (Å²) in [5, 5.41) is 12.4. The fourth-order valence-corrected chi connectivity index (χ4v) is 3.42. The molecule has 0 radical (unpaired) electrons. The molecule has 0 atom stereocenters. The zero-order chi connectivity index (χ0) is 14.9. The van der Waals surface area contributed by atoms with Gasteiger partial charge in [-0.2, -0.15) is 0 Å². The highest BCUT2D eigenvalue weighted by atomic mass is 16.4. The lowest BCUT2D eigenvalue weighted by Gasteiger charge is -2.53. The lowest BCUT2D eigenvalue weighted by atomic mass is 9.85. The molecule has 114 valence electrons. The Morgan fingerprint density at radius 2 is 2.00 bits per heavy atom. The Morgan fingerprint density at radius 3 is 2.52 bits per heavy atom. The molecule has 2 fully saturated rings. The van der Waals surface area contributed by atoms with Crippen LogP contribution in [0, 0.1) is 6.92 Å². The summed E-state index contributed by atoms with van der Waals surface area (Å²) in [6.07, 6.45) is 0.241. The van der Waals surface area contributed by atoms with Crippen LogP contribution in [0.1, 0.15) is 12.0 Å². The van der Waals surface area contributed by atoms with Crippen molar-refractivity contribution in [2.45, 2.75) is 18.9 Å². The number of carboxylic acid groups (broad SMARTS) is 1. The number of carbonyl (C=O) groups is 1. The minimum absolute atomic E-state index is 0.162. The summed E-state index contributed by atoms with van der Waals surface area (Å²) in [6.45, 7) is 7.50. The summed E-state index contributed by atoms with van der Waals surface area (Å²) >= 11 is 0. The predicted octanol–water partition coefficient (Wildman–Crippen LogP) is 0.934. The molecule has 0 aliphatic carbocycles. The molecule has 5 nitrogen and oxygen atoms in total. The van der Waals surface area contributed by atoms with Crippen LogP contribution in [0.3, 0.4) is 0 Å². The van der Waals surface area contributed by atoms with Crippen molar-refractivity contribution in [3.63, 3.8) is 0 Å². The van der Waals surface area contributed by atoms with Gasteiger partial charge in [0.05, 0.1) is 12.0 Å². The van der Waals surface area contributed by atoms with E-state index in [1.165, 1.54) is 11.3 Å².